The Hall–Kier alpha value is -2.49. The number of hydrogen-bond donors (Lipinski definition) is 2. The number of likely N-dealkylation sites (tertiary alicyclic amines) is 1. The summed E-state index contributed by atoms with van der Waals surface area (Å²) >= 11 is 0. The summed E-state index contributed by atoms with van der Waals surface area (Å²) in [7, 11) is 6.17. The summed E-state index contributed by atoms with van der Waals surface area (Å²) in [6.45, 7) is 2.16. The number of halogens is 1. The first kappa shape index (κ1) is 31.1. The maximum atomic E-state index is 16.3. The van der Waals surface area contributed by atoms with Crippen LogP contribution in [0.3, 0.4) is 0 Å². The van der Waals surface area contributed by atoms with E-state index in [0.717, 1.165) is 43.5 Å². The van der Waals surface area contributed by atoms with Crippen LogP contribution in [0.2, 0.25) is 0 Å². The first-order chi connectivity index (χ1) is 21.8. The highest BCUT2D eigenvalue weighted by atomic mass is 19.1. The number of alkyl halides is 1. The summed E-state index contributed by atoms with van der Waals surface area (Å²) in [4.78, 5) is 34.3. The molecule has 1 aromatic rings. The standard InChI is InChI=1S/C36H52FN5O3/c1-40(2)26-11-6-8-22(16-26)20-39-32-29(37)19-27-33-35(32)45-31-18-24-10-5-4-9-23(24)17-30(31)42(33)21-28(34(27)43)36(44)38-14-13-25-12-7-15-41(25)3/h6,8,11,16,21,23-25,27,29-33,35,39H,4-5,7,9-10,12-15,17-20H2,1-3H3,(H,38,44). The Morgan fingerprint density at radius 2 is 1.89 bits per heavy atom. The smallest absolute Gasteiger partial charge is 0.256 e. The molecule has 3 saturated carbocycles. The molecule has 0 spiro atoms. The molecule has 2 N–H and O–H groups in total. The Labute approximate surface area is 268 Å². The van der Waals surface area contributed by atoms with Crippen molar-refractivity contribution in [2.24, 2.45) is 17.8 Å². The van der Waals surface area contributed by atoms with Gasteiger partial charge in [-0.05, 0) is 81.6 Å². The third-order valence-corrected chi connectivity index (χ3v) is 12.1. The van der Waals surface area contributed by atoms with Crippen LogP contribution in [-0.2, 0) is 20.9 Å². The molecule has 3 aliphatic carbocycles. The molecule has 45 heavy (non-hydrogen) atoms. The van der Waals surface area contributed by atoms with Gasteiger partial charge < -0.3 is 30.1 Å². The summed E-state index contributed by atoms with van der Waals surface area (Å²) in [6.07, 6.45) is 10.5. The largest absolute Gasteiger partial charge is 0.378 e. The Morgan fingerprint density at radius 1 is 1.09 bits per heavy atom. The molecule has 2 saturated heterocycles. The summed E-state index contributed by atoms with van der Waals surface area (Å²) in [5.74, 6) is 0.188. The van der Waals surface area contributed by atoms with Gasteiger partial charge in [-0.2, -0.15) is 0 Å². The Morgan fingerprint density at radius 3 is 2.64 bits per heavy atom. The molecule has 9 heteroatoms. The van der Waals surface area contributed by atoms with Gasteiger partial charge in [-0.25, -0.2) is 4.39 Å². The number of nitrogens with zero attached hydrogens (tertiary/aromatic N) is 3. The maximum Gasteiger partial charge on any atom is 0.256 e. The third-order valence-electron chi connectivity index (χ3n) is 12.1. The van der Waals surface area contributed by atoms with Crippen LogP contribution in [0, 0.1) is 17.8 Å². The van der Waals surface area contributed by atoms with Gasteiger partial charge in [0.05, 0.1) is 35.9 Å². The normalized spacial score (nSPS) is 37.7. The van der Waals surface area contributed by atoms with Gasteiger partial charge in [0.15, 0.2) is 5.78 Å². The Kier molecular flexibility index (Phi) is 8.96. The van der Waals surface area contributed by atoms with E-state index in [2.05, 4.69) is 50.6 Å². The number of fused-ring (bicyclic) bond motifs is 3. The highest BCUT2D eigenvalue weighted by molar-refractivity contribution is 6.20. The van der Waals surface area contributed by atoms with Crippen molar-refractivity contribution in [2.45, 2.75) is 113 Å². The first-order valence-electron chi connectivity index (χ1n) is 17.6. The van der Waals surface area contributed by atoms with Gasteiger partial charge in [0.2, 0.25) is 0 Å². The number of Topliss-reactive ketones (excluding diaryl/α,β-unsaturated/α-hetero) is 1. The average Bonchev–Trinajstić information content (AvgIpc) is 3.45. The van der Waals surface area contributed by atoms with Crippen LogP contribution >= 0.6 is 0 Å². The number of nitrogens with one attached hydrogen (secondary N) is 2. The number of carbonyl (C=O) groups is 2. The molecule has 1 aromatic carbocycles. The molecule has 5 fully saturated rings. The molecule has 6 aliphatic rings. The van der Waals surface area contributed by atoms with Gasteiger partial charge in [0, 0.05) is 51.0 Å². The van der Waals surface area contributed by atoms with Gasteiger partial charge >= 0.3 is 0 Å². The Balaban J connectivity index is 1.14. The zero-order chi connectivity index (χ0) is 31.2. The number of hydrogen-bond acceptors (Lipinski definition) is 7. The van der Waals surface area contributed by atoms with Crippen molar-refractivity contribution in [3.8, 4) is 0 Å². The summed E-state index contributed by atoms with van der Waals surface area (Å²) in [5, 5.41) is 6.61. The molecule has 0 bridgehead atoms. The molecule has 3 aliphatic heterocycles. The molecular weight excluding hydrogens is 569 g/mol. The first-order valence-corrected chi connectivity index (χ1v) is 17.6. The highest BCUT2D eigenvalue weighted by Crippen LogP contribution is 2.50. The minimum atomic E-state index is -1.25. The van der Waals surface area contributed by atoms with E-state index in [1.54, 1.807) is 0 Å². The second-order valence-electron chi connectivity index (χ2n) is 15.0. The van der Waals surface area contributed by atoms with E-state index in [9.17, 15) is 9.59 Å². The van der Waals surface area contributed by atoms with E-state index in [1.165, 1.54) is 32.1 Å². The van der Waals surface area contributed by atoms with Crippen molar-refractivity contribution < 1.29 is 18.7 Å². The van der Waals surface area contributed by atoms with Crippen LogP contribution in [0.4, 0.5) is 10.1 Å². The van der Waals surface area contributed by atoms with Crippen LogP contribution < -0.4 is 15.5 Å². The lowest BCUT2D eigenvalue weighted by Crippen LogP contribution is -2.73. The predicted molar refractivity (Wildman–Crippen MR) is 174 cm³/mol. The highest BCUT2D eigenvalue weighted by Gasteiger charge is 2.59. The number of morpholine rings is 1. The molecule has 3 heterocycles. The molecule has 0 aromatic heterocycles. The number of carbonyl (C=O) groups excluding carboxylic acids is 2. The van der Waals surface area contributed by atoms with E-state index in [4.69, 9.17) is 4.74 Å². The number of ether oxygens (including phenoxy) is 1. The zero-order valence-electron chi connectivity index (χ0n) is 27.3. The van der Waals surface area contributed by atoms with E-state index < -0.39 is 24.2 Å². The number of ketones is 1. The van der Waals surface area contributed by atoms with E-state index in [1.807, 2.05) is 26.4 Å². The van der Waals surface area contributed by atoms with Crippen molar-refractivity contribution in [2.75, 3.05) is 39.1 Å². The van der Waals surface area contributed by atoms with Crippen molar-refractivity contribution in [1.29, 1.82) is 0 Å². The van der Waals surface area contributed by atoms with E-state index in [0.29, 0.717) is 31.0 Å². The van der Waals surface area contributed by atoms with Gasteiger partial charge in [0.1, 0.15) is 6.17 Å². The monoisotopic (exact) mass is 621 g/mol. The number of benzene rings is 1. The number of rotatable bonds is 8. The van der Waals surface area contributed by atoms with Gasteiger partial charge in [-0.3, -0.25) is 9.59 Å². The van der Waals surface area contributed by atoms with Crippen LogP contribution in [-0.4, -0.2) is 98.3 Å². The van der Waals surface area contributed by atoms with Crippen molar-refractivity contribution in [3.05, 3.63) is 41.6 Å². The molecule has 1 amide bonds. The number of amides is 1. The summed E-state index contributed by atoms with van der Waals surface area (Å²) in [5.41, 5.74) is 2.40. The van der Waals surface area contributed by atoms with Gasteiger partial charge in [0.25, 0.3) is 5.91 Å². The van der Waals surface area contributed by atoms with Gasteiger partial charge in [-0.1, -0.05) is 37.8 Å². The van der Waals surface area contributed by atoms with E-state index in [-0.39, 0.29) is 41.9 Å². The second-order valence-corrected chi connectivity index (χ2v) is 15.0. The van der Waals surface area contributed by atoms with Crippen molar-refractivity contribution in [1.82, 2.24) is 20.4 Å². The lowest BCUT2D eigenvalue weighted by molar-refractivity contribution is -0.208. The minimum absolute atomic E-state index is 0.0235. The number of anilines is 1. The second kappa shape index (κ2) is 13.0. The molecule has 246 valence electrons. The lowest BCUT2D eigenvalue weighted by Gasteiger charge is -2.61. The van der Waals surface area contributed by atoms with Gasteiger partial charge in [-0.15, -0.1) is 0 Å². The molecule has 7 rings (SSSR count). The van der Waals surface area contributed by atoms with E-state index >= 15 is 4.39 Å². The molecule has 10 unspecified atom stereocenters. The predicted octanol–water partition coefficient (Wildman–Crippen LogP) is 4.04. The lowest BCUT2D eigenvalue weighted by atomic mass is 9.65. The van der Waals surface area contributed by atoms with Crippen LogP contribution in [0.5, 0.6) is 0 Å². The SMILES string of the molecule is CN(C)c1cccc(CNC2C(F)CC3C(=O)C(C(=O)NCCC4CCCN4C)=CN4C5CC6CCCCC6CC5OC2C34)c1. The van der Waals surface area contributed by atoms with Crippen molar-refractivity contribution in [3.63, 3.8) is 0 Å². The molecule has 8 nitrogen and oxygen atoms in total. The van der Waals surface area contributed by atoms with Crippen LogP contribution in [0.15, 0.2) is 36.0 Å². The summed E-state index contributed by atoms with van der Waals surface area (Å²) < 4.78 is 23.2. The fraction of sp³-hybridized carbons (Fsp3) is 0.722. The molecule has 10 atom stereocenters. The fourth-order valence-electron chi connectivity index (χ4n) is 9.67. The third kappa shape index (κ3) is 6.05. The fourth-order valence-corrected chi connectivity index (χ4v) is 9.67. The molecular formula is C36H52FN5O3. The van der Waals surface area contributed by atoms with Crippen LogP contribution in [0.25, 0.3) is 0 Å². The maximum absolute atomic E-state index is 16.3. The Bertz CT molecular complexity index is 1290. The topological polar surface area (TPSA) is 77.2 Å². The van der Waals surface area contributed by atoms with Crippen LogP contribution in [0.1, 0.15) is 69.8 Å². The zero-order valence-corrected chi connectivity index (χ0v) is 27.3. The minimum Gasteiger partial charge on any atom is -0.378 e. The van der Waals surface area contributed by atoms with Crippen molar-refractivity contribution >= 4 is 17.4 Å². The quantitative estimate of drug-likeness (QED) is 0.425. The molecule has 0 radical (unpaired) electrons. The summed E-state index contributed by atoms with van der Waals surface area (Å²) in [6, 6.07) is 8.09. The average molecular weight is 622 g/mol.